The molecule has 0 unspecified atom stereocenters. The Labute approximate surface area is 116 Å². The summed E-state index contributed by atoms with van der Waals surface area (Å²) in [6.07, 6.45) is 3.90. The highest BCUT2D eigenvalue weighted by Crippen LogP contribution is 2.31. The second-order valence-electron chi connectivity index (χ2n) is 4.87. The third kappa shape index (κ3) is 2.87. The van der Waals surface area contributed by atoms with Gasteiger partial charge in [-0.2, -0.15) is 0 Å². The van der Waals surface area contributed by atoms with Gasteiger partial charge in [0.05, 0.1) is 7.11 Å². The van der Waals surface area contributed by atoms with E-state index in [1.807, 2.05) is 0 Å². The van der Waals surface area contributed by atoms with Crippen molar-refractivity contribution in [2.75, 3.05) is 12.4 Å². The molecular formula is C13H17N3O4. The predicted octanol–water partition coefficient (Wildman–Crippen LogP) is 1.46. The molecule has 1 aliphatic carbocycles. The van der Waals surface area contributed by atoms with E-state index < -0.39 is 17.5 Å². The van der Waals surface area contributed by atoms with Gasteiger partial charge >= 0.3 is 11.9 Å². The molecule has 1 saturated carbocycles. The lowest BCUT2D eigenvalue weighted by atomic mass is 9.81. The van der Waals surface area contributed by atoms with Crippen molar-refractivity contribution in [3.05, 3.63) is 17.8 Å². The van der Waals surface area contributed by atoms with Crippen molar-refractivity contribution in [2.45, 2.75) is 37.6 Å². The number of ether oxygens (including phenoxy) is 1. The lowest BCUT2D eigenvalue weighted by Gasteiger charge is -2.34. The molecule has 2 N–H and O–H groups in total. The second-order valence-corrected chi connectivity index (χ2v) is 4.87. The summed E-state index contributed by atoms with van der Waals surface area (Å²) in [4.78, 5) is 22.8. The summed E-state index contributed by atoms with van der Waals surface area (Å²) >= 11 is 0. The molecular weight excluding hydrogens is 262 g/mol. The van der Waals surface area contributed by atoms with E-state index in [0.717, 1.165) is 19.3 Å². The number of esters is 1. The van der Waals surface area contributed by atoms with Gasteiger partial charge in [0, 0.05) is 0 Å². The van der Waals surface area contributed by atoms with Crippen molar-refractivity contribution in [3.63, 3.8) is 0 Å². The molecule has 0 aliphatic heterocycles. The molecule has 108 valence electrons. The maximum Gasteiger partial charge on any atom is 0.358 e. The van der Waals surface area contributed by atoms with Gasteiger partial charge in [-0.25, -0.2) is 9.59 Å². The van der Waals surface area contributed by atoms with Crippen molar-refractivity contribution < 1.29 is 19.4 Å². The lowest BCUT2D eigenvalue weighted by Crippen LogP contribution is -2.48. The number of carbonyl (C=O) groups is 2. The van der Waals surface area contributed by atoms with E-state index in [1.54, 1.807) is 6.07 Å². The third-order valence-corrected chi connectivity index (χ3v) is 3.54. The van der Waals surface area contributed by atoms with Crippen LogP contribution >= 0.6 is 0 Å². The van der Waals surface area contributed by atoms with E-state index >= 15 is 0 Å². The van der Waals surface area contributed by atoms with Gasteiger partial charge in [-0.15, -0.1) is 10.2 Å². The molecule has 0 amide bonds. The zero-order chi connectivity index (χ0) is 14.6. The minimum Gasteiger partial charge on any atom is -0.480 e. The number of carbonyl (C=O) groups excluding carboxylic acids is 1. The summed E-state index contributed by atoms with van der Waals surface area (Å²) in [6, 6.07) is 3.00. The van der Waals surface area contributed by atoms with Crippen molar-refractivity contribution in [2.24, 2.45) is 0 Å². The Morgan fingerprint density at radius 2 is 1.95 bits per heavy atom. The minimum absolute atomic E-state index is 0.0890. The molecule has 0 aromatic carbocycles. The number of anilines is 1. The molecule has 0 bridgehead atoms. The van der Waals surface area contributed by atoms with Gasteiger partial charge in [-0.3, -0.25) is 0 Å². The van der Waals surface area contributed by atoms with E-state index in [2.05, 4.69) is 20.3 Å². The summed E-state index contributed by atoms with van der Waals surface area (Å²) in [5.41, 5.74) is -0.897. The Morgan fingerprint density at radius 1 is 1.25 bits per heavy atom. The number of methoxy groups -OCH3 is 1. The number of rotatable bonds is 4. The van der Waals surface area contributed by atoms with Crippen LogP contribution < -0.4 is 5.32 Å². The fourth-order valence-electron chi connectivity index (χ4n) is 2.41. The minimum atomic E-state index is -0.986. The number of aromatic nitrogens is 2. The van der Waals surface area contributed by atoms with Crippen LogP contribution in [-0.4, -0.2) is 39.9 Å². The maximum absolute atomic E-state index is 11.5. The summed E-state index contributed by atoms with van der Waals surface area (Å²) in [6.45, 7) is 0. The first kappa shape index (κ1) is 14.2. The molecule has 1 fully saturated rings. The van der Waals surface area contributed by atoms with Crippen LogP contribution in [0.2, 0.25) is 0 Å². The molecule has 1 aliphatic rings. The van der Waals surface area contributed by atoms with Gasteiger partial charge < -0.3 is 15.2 Å². The summed E-state index contributed by atoms with van der Waals surface area (Å²) in [7, 11) is 1.26. The Morgan fingerprint density at radius 3 is 2.45 bits per heavy atom. The van der Waals surface area contributed by atoms with Gasteiger partial charge in [0.25, 0.3) is 0 Å². The lowest BCUT2D eigenvalue weighted by molar-refractivity contribution is -0.143. The van der Waals surface area contributed by atoms with E-state index in [0.29, 0.717) is 18.7 Å². The molecule has 0 spiro atoms. The van der Waals surface area contributed by atoms with E-state index in [1.165, 1.54) is 13.2 Å². The van der Waals surface area contributed by atoms with Gasteiger partial charge in [0.15, 0.2) is 5.69 Å². The highest BCUT2D eigenvalue weighted by atomic mass is 16.5. The van der Waals surface area contributed by atoms with Gasteiger partial charge in [0.1, 0.15) is 11.4 Å². The number of aliphatic carboxylic acids is 1. The van der Waals surface area contributed by atoms with Gasteiger partial charge in [-0.05, 0) is 25.0 Å². The molecule has 1 aromatic rings. The van der Waals surface area contributed by atoms with Crippen molar-refractivity contribution in [1.82, 2.24) is 10.2 Å². The Kier molecular flexibility index (Phi) is 4.16. The third-order valence-electron chi connectivity index (χ3n) is 3.54. The summed E-state index contributed by atoms with van der Waals surface area (Å²) < 4.78 is 4.53. The molecule has 7 nitrogen and oxygen atoms in total. The molecule has 1 heterocycles. The highest BCUT2D eigenvalue weighted by molar-refractivity contribution is 5.87. The monoisotopic (exact) mass is 279 g/mol. The largest absolute Gasteiger partial charge is 0.480 e. The van der Waals surface area contributed by atoms with Crippen LogP contribution in [0.15, 0.2) is 12.1 Å². The maximum atomic E-state index is 11.5. The SMILES string of the molecule is COC(=O)c1ccc(NC2(C(=O)O)CCCCC2)nn1. The van der Waals surface area contributed by atoms with Crippen molar-refractivity contribution in [1.29, 1.82) is 0 Å². The first-order valence-electron chi connectivity index (χ1n) is 6.51. The molecule has 0 radical (unpaired) electrons. The van der Waals surface area contributed by atoms with Crippen LogP contribution in [0.3, 0.4) is 0 Å². The van der Waals surface area contributed by atoms with Crippen LogP contribution in [-0.2, 0) is 9.53 Å². The van der Waals surface area contributed by atoms with E-state index in [4.69, 9.17) is 0 Å². The zero-order valence-electron chi connectivity index (χ0n) is 11.3. The van der Waals surface area contributed by atoms with Crippen molar-refractivity contribution in [3.8, 4) is 0 Å². The highest BCUT2D eigenvalue weighted by Gasteiger charge is 2.39. The number of nitrogens with zero attached hydrogens (tertiary/aromatic N) is 2. The number of hydrogen-bond acceptors (Lipinski definition) is 6. The molecule has 0 atom stereocenters. The molecule has 7 heteroatoms. The molecule has 20 heavy (non-hydrogen) atoms. The molecule has 1 aromatic heterocycles. The fourth-order valence-corrected chi connectivity index (χ4v) is 2.41. The fraction of sp³-hybridized carbons (Fsp3) is 0.538. The second kappa shape index (κ2) is 5.85. The summed E-state index contributed by atoms with van der Waals surface area (Å²) in [5, 5.41) is 20.0. The number of carboxylic acid groups (broad SMARTS) is 1. The zero-order valence-corrected chi connectivity index (χ0v) is 11.3. The summed E-state index contributed by atoms with van der Waals surface area (Å²) in [5.74, 6) is -1.10. The van der Waals surface area contributed by atoms with Gasteiger partial charge in [-0.1, -0.05) is 19.3 Å². The van der Waals surface area contributed by atoms with E-state index in [-0.39, 0.29) is 5.69 Å². The van der Waals surface area contributed by atoms with Crippen LogP contribution in [0.25, 0.3) is 0 Å². The topological polar surface area (TPSA) is 101 Å². The van der Waals surface area contributed by atoms with Crippen LogP contribution in [0.1, 0.15) is 42.6 Å². The smallest absolute Gasteiger partial charge is 0.358 e. The predicted molar refractivity (Wildman–Crippen MR) is 70.4 cm³/mol. The van der Waals surface area contributed by atoms with E-state index in [9.17, 15) is 14.7 Å². The average molecular weight is 279 g/mol. The average Bonchev–Trinajstić information content (AvgIpc) is 2.48. The molecule has 0 saturated heterocycles. The first-order valence-corrected chi connectivity index (χ1v) is 6.51. The van der Waals surface area contributed by atoms with Crippen LogP contribution in [0.4, 0.5) is 5.82 Å². The number of carboxylic acids is 1. The van der Waals surface area contributed by atoms with Gasteiger partial charge in [0.2, 0.25) is 0 Å². The van der Waals surface area contributed by atoms with Crippen molar-refractivity contribution >= 4 is 17.8 Å². The van der Waals surface area contributed by atoms with Crippen LogP contribution in [0, 0.1) is 0 Å². The van der Waals surface area contributed by atoms with Crippen LogP contribution in [0.5, 0.6) is 0 Å². The first-order chi connectivity index (χ1) is 9.57. The number of hydrogen-bond donors (Lipinski definition) is 2. The Hall–Kier alpha value is -2.18. The Balaban J connectivity index is 2.15. The molecule has 2 rings (SSSR count). The Bertz CT molecular complexity index is 495. The number of nitrogens with one attached hydrogen (secondary N) is 1. The quantitative estimate of drug-likeness (QED) is 0.804. The standard InChI is InChI=1S/C13H17N3O4/c1-20-11(17)9-5-6-10(16-15-9)14-13(12(18)19)7-3-2-4-8-13/h5-6H,2-4,7-8H2,1H3,(H,14,16)(H,18,19). The normalized spacial score (nSPS) is 17.2.